The third-order valence-electron chi connectivity index (χ3n) is 3.41. The lowest BCUT2D eigenvalue weighted by Crippen LogP contribution is -2.27. The molecule has 0 saturated carbocycles. The molecule has 3 nitrogen and oxygen atoms in total. The highest BCUT2D eigenvalue weighted by atomic mass is 19.2. The van der Waals surface area contributed by atoms with Crippen LogP contribution in [-0.4, -0.2) is 19.0 Å². The molecule has 0 aliphatic rings. The molecule has 1 amide bonds. The predicted octanol–water partition coefficient (Wildman–Crippen LogP) is 3.96. The van der Waals surface area contributed by atoms with Crippen molar-refractivity contribution in [1.82, 2.24) is 0 Å². The van der Waals surface area contributed by atoms with Crippen molar-refractivity contribution in [3.8, 4) is 0 Å². The number of benzene rings is 2. The van der Waals surface area contributed by atoms with Crippen LogP contribution in [0.25, 0.3) is 0 Å². The molecule has 0 bridgehead atoms. The largest absolute Gasteiger partial charge is 0.371 e. The fraction of sp³-hybridized carbons (Fsp3) is 0.235. The molecule has 0 heterocycles. The van der Waals surface area contributed by atoms with Gasteiger partial charge in [0.05, 0.1) is 5.69 Å². The Balaban J connectivity index is 1.96. The summed E-state index contributed by atoms with van der Waals surface area (Å²) in [5.74, 6) is -2.70. The highest BCUT2D eigenvalue weighted by Gasteiger charge is 2.11. The van der Waals surface area contributed by atoms with E-state index in [1.807, 2.05) is 6.92 Å². The van der Waals surface area contributed by atoms with Crippen LogP contribution >= 0.6 is 0 Å². The summed E-state index contributed by atoms with van der Waals surface area (Å²) in [5, 5.41) is 2.49. The first-order valence-electron chi connectivity index (χ1n) is 7.25. The van der Waals surface area contributed by atoms with Gasteiger partial charge < -0.3 is 10.2 Å². The fourth-order valence-electron chi connectivity index (χ4n) is 2.16. The lowest BCUT2D eigenvalue weighted by Gasteiger charge is -2.23. The molecule has 122 valence electrons. The minimum Gasteiger partial charge on any atom is -0.371 e. The summed E-state index contributed by atoms with van der Waals surface area (Å²) in [4.78, 5) is 13.6. The minimum absolute atomic E-state index is 0.0984. The van der Waals surface area contributed by atoms with Crippen molar-refractivity contribution in [2.45, 2.75) is 13.3 Å². The van der Waals surface area contributed by atoms with Crippen LogP contribution in [0.3, 0.4) is 0 Å². The van der Waals surface area contributed by atoms with Crippen molar-refractivity contribution in [3.05, 3.63) is 59.9 Å². The molecule has 1 N–H and O–H groups in total. The van der Waals surface area contributed by atoms with Gasteiger partial charge in [0.2, 0.25) is 5.91 Å². The maximum absolute atomic E-state index is 13.5. The SMILES string of the molecule is CCN(CCC(=O)Nc1ccccc1F)c1ccc(F)c(F)c1. The summed E-state index contributed by atoms with van der Waals surface area (Å²) in [5.41, 5.74) is 0.610. The molecule has 6 heteroatoms. The highest BCUT2D eigenvalue weighted by molar-refractivity contribution is 5.91. The Morgan fingerprint density at radius 3 is 2.43 bits per heavy atom. The topological polar surface area (TPSA) is 32.3 Å². The van der Waals surface area contributed by atoms with Crippen molar-refractivity contribution < 1.29 is 18.0 Å². The number of carbonyl (C=O) groups excluding carboxylic acids is 1. The number of para-hydroxylation sites is 1. The highest BCUT2D eigenvalue weighted by Crippen LogP contribution is 2.18. The van der Waals surface area contributed by atoms with Gasteiger partial charge >= 0.3 is 0 Å². The van der Waals surface area contributed by atoms with Gasteiger partial charge in [0.15, 0.2) is 11.6 Å². The number of anilines is 2. The number of amides is 1. The first-order chi connectivity index (χ1) is 11.0. The molecule has 0 unspecified atom stereocenters. The van der Waals surface area contributed by atoms with Crippen LogP contribution in [0.5, 0.6) is 0 Å². The Kier molecular flexibility index (Phi) is 5.62. The van der Waals surface area contributed by atoms with Crippen molar-refractivity contribution in [2.75, 3.05) is 23.3 Å². The summed E-state index contributed by atoms with van der Waals surface area (Å²) >= 11 is 0. The number of carbonyl (C=O) groups is 1. The molecular weight excluding hydrogens is 305 g/mol. The van der Waals surface area contributed by atoms with E-state index in [1.54, 1.807) is 11.0 Å². The molecule has 2 aromatic carbocycles. The molecule has 0 atom stereocenters. The fourth-order valence-corrected chi connectivity index (χ4v) is 2.16. The van der Waals surface area contributed by atoms with Crippen LogP contribution in [0.4, 0.5) is 24.5 Å². The standard InChI is InChI=1S/C17H17F3N2O/c1-2-22(12-7-8-13(18)15(20)11-12)10-9-17(23)21-16-6-4-3-5-14(16)19/h3-8,11H,2,9-10H2,1H3,(H,21,23). The van der Waals surface area contributed by atoms with Gasteiger partial charge in [-0.3, -0.25) is 4.79 Å². The maximum atomic E-state index is 13.5. The Morgan fingerprint density at radius 2 is 1.78 bits per heavy atom. The molecule has 0 radical (unpaired) electrons. The predicted molar refractivity (Wildman–Crippen MR) is 83.9 cm³/mol. The van der Waals surface area contributed by atoms with Gasteiger partial charge in [0, 0.05) is 31.3 Å². The quantitative estimate of drug-likeness (QED) is 0.873. The van der Waals surface area contributed by atoms with Crippen LogP contribution in [0.15, 0.2) is 42.5 Å². The molecule has 0 spiro atoms. The Hall–Kier alpha value is -2.50. The minimum atomic E-state index is -0.934. The Morgan fingerprint density at radius 1 is 1.04 bits per heavy atom. The summed E-state index contributed by atoms with van der Waals surface area (Å²) in [7, 11) is 0. The molecular formula is C17H17F3N2O. The number of nitrogens with zero attached hydrogens (tertiary/aromatic N) is 1. The second kappa shape index (κ2) is 7.67. The average molecular weight is 322 g/mol. The number of hydrogen-bond acceptors (Lipinski definition) is 2. The van der Waals surface area contributed by atoms with Gasteiger partial charge in [-0.05, 0) is 31.2 Å². The van der Waals surface area contributed by atoms with Crippen molar-refractivity contribution in [2.24, 2.45) is 0 Å². The molecule has 23 heavy (non-hydrogen) atoms. The van der Waals surface area contributed by atoms with E-state index in [0.717, 1.165) is 12.1 Å². The van der Waals surface area contributed by atoms with Crippen LogP contribution in [-0.2, 0) is 4.79 Å². The third-order valence-corrected chi connectivity index (χ3v) is 3.41. The van der Waals surface area contributed by atoms with E-state index in [-0.39, 0.29) is 18.0 Å². The van der Waals surface area contributed by atoms with Crippen molar-refractivity contribution in [1.29, 1.82) is 0 Å². The van der Waals surface area contributed by atoms with E-state index in [2.05, 4.69) is 5.32 Å². The normalized spacial score (nSPS) is 10.4. The number of rotatable bonds is 6. The van der Waals surface area contributed by atoms with Gasteiger partial charge in [-0.2, -0.15) is 0 Å². The van der Waals surface area contributed by atoms with Gasteiger partial charge in [0.1, 0.15) is 5.82 Å². The lowest BCUT2D eigenvalue weighted by molar-refractivity contribution is -0.116. The molecule has 0 fully saturated rings. The number of nitrogens with one attached hydrogen (secondary N) is 1. The monoisotopic (exact) mass is 322 g/mol. The van der Waals surface area contributed by atoms with Crippen molar-refractivity contribution in [3.63, 3.8) is 0 Å². The van der Waals surface area contributed by atoms with Gasteiger partial charge in [0.25, 0.3) is 0 Å². The Labute approximate surface area is 132 Å². The van der Waals surface area contributed by atoms with E-state index in [4.69, 9.17) is 0 Å². The first kappa shape index (κ1) is 16.9. The zero-order chi connectivity index (χ0) is 16.8. The Bertz CT molecular complexity index is 691. The van der Waals surface area contributed by atoms with Crippen LogP contribution in [0.1, 0.15) is 13.3 Å². The van der Waals surface area contributed by atoms with Gasteiger partial charge in [-0.25, -0.2) is 13.2 Å². The summed E-state index contributed by atoms with van der Waals surface area (Å²) < 4.78 is 39.7. The van der Waals surface area contributed by atoms with Crippen LogP contribution in [0.2, 0.25) is 0 Å². The molecule has 2 aromatic rings. The van der Waals surface area contributed by atoms with E-state index in [1.165, 1.54) is 24.3 Å². The van der Waals surface area contributed by atoms with Crippen LogP contribution < -0.4 is 10.2 Å². The van der Waals surface area contributed by atoms with Crippen molar-refractivity contribution >= 4 is 17.3 Å². The molecule has 0 aliphatic heterocycles. The van der Waals surface area contributed by atoms with E-state index >= 15 is 0 Å². The van der Waals surface area contributed by atoms with E-state index < -0.39 is 17.5 Å². The summed E-state index contributed by atoms with van der Waals surface area (Å²) in [6.45, 7) is 2.68. The molecule has 0 aromatic heterocycles. The zero-order valence-electron chi connectivity index (χ0n) is 12.7. The second-order valence-electron chi connectivity index (χ2n) is 4.96. The van der Waals surface area contributed by atoms with Gasteiger partial charge in [-0.1, -0.05) is 12.1 Å². The second-order valence-corrected chi connectivity index (χ2v) is 4.96. The number of halogens is 3. The molecule has 0 saturated heterocycles. The summed E-state index contributed by atoms with van der Waals surface area (Å²) in [6.07, 6.45) is 0.0984. The summed E-state index contributed by atoms with van der Waals surface area (Å²) in [6, 6.07) is 9.48. The number of hydrogen-bond donors (Lipinski definition) is 1. The average Bonchev–Trinajstić information content (AvgIpc) is 2.53. The van der Waals surface area contributed by atoms with Gasteiger partial charge in [-0.15, -0.1) is 0 Å². The zero-order valence-corrected chi connectivity index (χ0v) is 12.7. The molecule has 2 rings (SSSR count). The molecule has 0 aliphatic carbocycles. The van der Waals surface area contributed by atoms with Crippen LogP contribution in [0, 0.1) is 17.5 Å². The smallest absolute Gasteiger partial charge is 0.226 e. The first-order valence-corrected chi connectivity index (χ1v) is 7.25. The van der Waals surface area contributed by atoms with E-state index in [9.17, 15) is 18.0 Å². The maximum Gasteiger partial charge on any atom is 0.226 e. The third kappa shape index (κ3) is 4.48. The lowest BCUT2D eigenvalue weighted by atomic mass is 10.2. The van der Waals surface area contributed by atoms with E-state index in [0.29, 0.717) is 18.8 Å².